The lowest BCUT2D eigenvalue weighted by molar-refractivity contribution is 0.0286. The third-order valence-electron chi connectivity index (χ3n) is 5.86. The topological polar surface area (TPSA) is 94.0 Å². The molecular formula is C23H24F2N6O2. The molecule has 5 rings (SSSR count). The van der Waals surface area contributed by atoms with Crippen LogP contribution in [-0.2, 0) is 4.74 Å². The lowest BCUT2D eigenvalue weighted by Crippen LogP contribution is -2.39. The highest BCUT2D eigenvalue weighted by atomic mass is 19.1. The summed E-state index contributed by atoms with van der Waals surface area (Å²) in [6.07, 6.45) is 6.28. The van der Waals surface area contributed by atoms with Gasteiger partial charge in [0.15, 0.2) is 0 Å². The van der Waals surface area contributed by atoms with Gasteiger partial charge in [0.25, 0.3) is 5.91 Å². The van der Waals surface area contributed by atoms with E-state index in [0.717, 1.165) is 12.8 Å². The number of pyridine rings is 1. The molecule has 1 saturated carbocycles. The van der Waals surface area contributed by atoms with Crippen LogP contribution in [0.4, 0.5) is 14.5 Å². The number of benzene rings is 1. The van der Waals surface area contributed by atoms with Gasteiger partial charge in [0.05, 0.1) is 35.8 Å². The van der Waals surface area contributed by atoms with E-state index in [2.05, 4.69) is 25.9 Å². The average Bonchev–Trinajstić information content (AvgIpc) is 3.47. The fourth-order valence-corrected chi connectivity index (χ4v) is 3.83. The Morgan fingerprint density at radius 2 is 2.06 bits per heavy atom. The Morgan fingerprint density at radius 1 is 1.21 bits per heavy atom. The summed E-state index contributed by atoms with van der Waals surface area (Å²) in [7, 11) is 0. The van der Waals surface area contributed by atoms with E-state index in [1.165, 1.54) is 16.8 Å². The molecule has 0 radical (unpaired) electrons. The number of hydrogen-bond donors (Lipinski definition) is 2. The number of rotatable bonds is 6. The van der Waals surface area contributed by atoms with Crippen LogP contribution in [0.1, 0.15) is 35.2 Å². The highest BCUT2D eigenvalue weighted by Gasteiger charge is 2.26. The molecule has 2 aromatic heterocycles. The summed E-state index contributed by atoms with van der Waals surface area (Å²) in [4.78, 5) is 16.7. The van der Waals surface area contributed by atoms with Gasteiger partial charge >= 0.3 is 0 Å². The predicted octanol–water partition coefficient (Wildman–Crippen LogP) is 3.21. The van der Waals surface area contributed by atoms with Crippen molar-refractivity contribution in [3.63, 3.8) is 0 Å². The Morgan fingerprint density at radius 3 is 2.85 bits per heavy atom. The Hall–Kier alpha value is -3.40. The first-order chi connectivity index (χ1) is 16.0. The molecule has 2 atom stereocenters. The molecule has 8 nitrogen and oxygen atoms in total. The van der Waals surface area contributed by atoms with Crippen LogP contribution in [0.3, 0.4) is 0 Å². The van der Waals surface area contributed by atoms with E-state index >= 15 is 0 Å². The van der Waals surface area contributed by atoms with Gasteiger partial charge in [-0.15, -0.1) is 5.10 Å². The highest BCUT2D eigenvalue weighted by Crippen LogP contribution is 2.25. The lowest BCUT2D eigenvalue weighted by Gasteiger charge is -2.27. The molecule has 0 spiro atoms. The van der Waals surface area contributed by atoms with Gasteiger partial charge in [-0.2, -0.15) is 0 Å². The van der Waals surface area contributed by atoms with Crippen LogP contribution in [-0.4, -0.2) is 57.4 Å². The first-order valence-electron chi connectivity index (χ1n) is 11.0. The highest BCUT2D eigenvalue weighted by molar-refractivity contribution is 5.95. The SMILES string of the molecule is Cc1cc(F)c(C(=O)NC2CC2)cc1-n1cc(-c2cncc(NC3CCOCC3F)c2)nn1. The maximum absolute atomic E-state index is 14.4. The van der Waals surface area contributed by atoms with E-state index in [1.807, 2.05) is 6.07 Å². The third-order valence-corrected chi connectivity index (χ3v) is 5.86. The quantitative estimate of drug-likeness (QED) is 0.594. The number of alkyl halides is 1. The van der Waals surface area contributed by atoms with Crippen molar-refractivity contribution >= 4 is 11.6 Å². The minimum atomic E-state index is -1.09. The van der Waals surface area contributed by atoms with Crippen molar-refractivity contribution in [2.75, 3.05) is 18.5 Å². The maximum Gasteiger partial charge on any atom is 0.254 e. The number of halogens is 2. The molecule has 1 aromatic carbocycles. The molecule has 3 aromatic rings. The summed E-state index contributed by atoms with van der Waals surface area (Å²) >= 11 is 0. The van der Waals surface area contributed by atoms with Crippen molar-refractivity contribution in [3.05, 3.63) is 53.7 Å². The molecule has 172 valence electrons. The number of anilines is 1. The molecule has 3 heterocycles. The Labute approximate surface area is 189 Å². The summed E-state index contributed by atoms with van der Waals surface area (Å²) < 4.78 is 35.2. The number of nitrogens with zero attached hydrogens (tertiary/aromatic N) is 4. The smallest absolute Gasteiger partial charge is 0.254 e. The molecule has 2 N–H and O–H groups in total. The van der Waals surface area contributed by atoms with Crippen molar-refractivity contribution in [2.24, 2.45) is 0 Å². The predicted molar refractivity (Wildman–Crippen MR) is 118 cm³/mol. The van der Waals surface area contributed by atoms with E-state index in [4.69, 9.17) is 4.74 Å². The number of nitrogens with one attached hydrogen (secondary N) is 2. The molecule has 1 saturated heterocycles. The Bertz CT molecular complexity index is 1180. The van der Waals surface area contributed by atoms with Crippen molar-refractivity contribution < 1.29 is 18.3 Å². The monoisotopic (exact) mass is 454 g/mol. The number of aryl methyl sites for hydroxylation is 1. The van der Waals surface area contributed by atoms with Crippen LogP contribution in [0, 0.1) is 12.7 Å². The molecule has 0 bridgehead atoms. The normalized spacial score (nSPS) is 20.5. The zero-order valence-corrected chi connectivity index (χ0v) is 18.1. The number of amides is 1. The Kier molecular flexibility index (Phi) is 5.76. The van der Waals surface area contributed by atoms with E-state index < -0.39 is 17.9 Å². The second kappa shape index (κ2) is 8.86. The van der Waals surface area contributed by atoms with E-state index in [-0.39, 0.29) is 24.3 Å². The van der Waals surface area contributed by atoms with Crippen molar-refractivity contribution in [1.29, 1.82) is 0 Å². The van der Waals surface area contributed by atoms with Crippen LogP contribution < -0.4 is 10.6 Å². The molecule has 1 aliphatic heterocycles. The first kappa shape index (κ1) is 21.4. The fraction of sp³-hybridized carbons (Fsp3) is 0.391. The van der Waals surface area contributed by atoms with Crippen molar-refractivity contribution in [2.45, 2.75) is 44.4 Å². The van der Waals surface area contributed by atoms with Gasteiger partial charge in [0, 0.05) is 30.6 Å². The van der Waals surface area contributed by atoms with Gasteiger partial charge in [0.1, 0.15) is 17.7 Å². The summed E-state index contributed by atoms with van der Waals surface area (Å²) in [5, 5.41) is 14.4. The van der Waals surface area contributed by atoms with Gasteiger partial charge in [-0.1, -0.05) is 5.21 Å². The molecule has 1 amide bonds. The molecular weight excluding hydrogens is 430 g/mol. The third kappa shape index (κ3) is 4.70. The van der Waals surface area contributed by atoms with Gasteiger partial charge in [-0.25, -0.2) is 13.5 Å². The van der Waals surface area contributed by atoms with E-state index in [1.54, 1.807) is 25.5 Å². The molecule has 10 heteroatoms. The number of carbonyl (C=O) groups excluding carboxylic acids is 1. The van der Waals surface area contributed by atoms with E-state index in [0.29, 0.717) is 41.2 Å². The number of ether oxygens (including phenoxy) is 1. The Balaban J connectivity index is 1.39. The van der Waals surface area contributed by atoms with Gasteiger partial charge in [-0.05, 0) is 49.9 Å². The zero-order valence-electron chi connectivity index (χ0n) is 18.1. The molecule has 1 aliphatic carbocycles. The van der Waals surface area contributed by atoms with E-state index in [9.17, 15) is 13.6 Å². The van der Waals surface area contributed by atoms with Crippen LogP contribution >= 0.6 is 0 Å². The van der Waals surface area contributed by atoms with Crippen molar-refractivity contribution in [3.8, 4) is 16.9 Å². The van der Waals surface area contributed by atoms with Crippen LogP contribution in [0.15, 0.2) is 36.8 Å². The van der Waals surface area contributed by atoms with Crippen LogP contribution in [0.2, 0.25) is 0 Å². The van der Waals surface area contributed by atoms with Gasteiger partial charge in [-0.3, -0.25) is 9.78 Å². The summed E-state index contributed by atoms with van der Waals surface area (Å²) in [5.41, 5.74) is 3.07. The minimum Gasteiger partial charge on any atom is -0.378 e. The average molecular weight is 454 g/mol. The largest absolute Gasteiger partial charge is 0.378 e. The molecule has 2 fully saturated rings. The van der Waals surface area contributed by atoms with Crippen LogP contribution in [0.25, 0.3) is 16.9 Å². The number of hydrogen-bond acceptors (Lipinski definition) is 6. The molecule has 33 heavy (non-hydrogen) atoms. The van der Waals surface area contributed by atoms with Gasteiger partial charge in [0.2, 0.25) is 0 Å². The number of aromatic nitrogens is 4. The fourth-order valence-electron chi connectivity index (χ4n) is 3.83. The second-order valence-electron chi connectivity index (χ2n) is 8.51. The molecule has 2 unspecified atom stereocenters. The lowest BCUT2D eigenvalue weighted by atomic mass is 10.1. The maximum atomic E-state index is 14.4. The molecule has 2 aliphatic rings. The standard InChI is InChI=1S/C23H24F2N6O2/c1-13-6-18(24)17(23(32)28-15-2-3-15)8-22(13)31-11-21(29-30-31)14-7-16(10-26-9-14)27-20-4-5-33-12-19(20)25/h6-11,15,19-20,27H,2-5,12H2,1H3,(H,28,32). The summed E-state index contributed by atoms with van der Waals surface area (Å²) in [6, 6.07) is 4.43. The van der Waals surface area contributed by atoms with Crippen molar-refractivity contribution in [1.82, 2.24) is 25.3 Å². The second-order valence-corrected chi connectivity index (χ2v) is 8.51. The number of carbonyl (C=O) groups is 1. The zero-order chi connectivity index (χ0) is 22.9. The van der Waals surface area contributed by atoms with Gasteiger partial charge < -0.3 is 15.4 Å². The summed E-state index contributed by atoms with van der Waals surface area (Å²) in [5.74, 6) is -1.00. The summed E-state index contributed by atoms with van der Waals surface area (Å²) in [6.45, 7) is 2.34. The minimum absolute atomic E-state index is 0.0235. The first-order valence-corrected chi connectivity index (χ1v) is 11.0. The van der Waals surface area contributed by atoms with Crippen LogP contribution in [0.5, 0.6) is 0 Å².